The third kappa shape index (κ3) is 2.94. The summed E-state index contributed by atoms with van der Waals surface area (Å²) in [5, 5.41) is 8.41. The highest BCUT2D eigenvalue weighted by Crippen LogP contribution is 2.30. The highest BCUT2D eigenvalue weighted by atomic mass is 32.2. The van der Waals surface area contributed by atoms with E-state index in [-0.39, 0.29) is 4.90 Å². The molecule has 0 aliphatic heterocycles. The molecule has 2 rings (SSSR count). The van der Waals surface area contributed by atoms with Gasteiger partial charge in [0.25, 0.3) is 0 Å². The smallest absolute Gasteiger partial charge is 0.238 e. The van der Waals surface area contributed by atoms with Gasteiger partial charge in [0, 0.05) is 6.04 Å². The maximum atomic E-state index is 11.2. The van der Waals surface area contributed by atoms with Crippen LogP contribution >= 0.6 is 0 Å². The molecule has 0 amide bonds. The number of rotatable bonds is 3. The Morgan fingerprint density at radius 1 is 1.33 bits per heavy atom. The van der Waals surface area contributed by atoms with E-state index in [1.807, 2.05) is 0 Å². The second-order valence-corrected chi connectivity index (χ2v) is 6.61. The third-order valence-corrected chi connectivity index (χ3v) is 4.32. The van der Waals surface area contributed by atoms with Gasteiger partial charge in [-0.3, -0.25) is 0 Å². The van der Waals surface area contributed by atoms with Crippen molar-refractivity contribution in [2.75, 3.05) is 11.1 Å². The van der Waals surface area contributed by atoms with Crippen molar-refractivity contribution in [3.05, 3.63) is 18.2 Å². The summed E-state index contributed by atoms with van der Waals surface area (Å²) >= 11 is 0. The van der Waals surface area contributed by atoms with Crippen LogP contribution in [-0.4, -0.2) is 14.5 Å². The lowest BCUT2D eigenvalue weighted by atomic mass is 10.1. The molecule has 1 aromatic carbocycles. The van der Waals surface area contributed by atoms with Crippen LogP contribution in [0.4, 0.5) is 11.4 Å². The number of nitrogens with two attached hydrogens (primary N) is 2. The molecule has 1 fully saturated rings. The number of nitrogens with one attached hydrogen (secondary N) is 1. The summed E-state index contributed by atoms with van der Waals surface area (Å²) in [4.78, 5) is 0.0466. The molecule has 2 atom stereocenters. The number of primary sulfonamides is 1. The fraction of sp³-hybridized carbons (Fsp3) is 0.500. The van der Waals surface area contributed by atoms with Crippen LogP contribution in [0.15, 0.2) is 23.1 Å². The van der Waals surface area contributed by atoms with Gasteiger partial charge in [-0.25, -0.2) is 13.6 Å². The second kappa shape index (κ2) is 4.78. The van der Waals surface area contributed by atoms with Gasteiger partial charge in [0.05, 0.1) is 16.3 Å². The molecule has 5 N–H and O–H groups in total. The van der Waals surface area contributed by atoms with Crippen LogP contribution in [0, 0.1) is 5.92 Å². The molecule has 0 spiro atoms. The van der Waals surface area contributed by atoms with Crippen molar-refractivity contribution in [1.82, 2.24) is 0 Å². The lowest BCUT2D eigenvalue weighted by Crippen LogP contribution is -2.17. The fourth-order valence-corrected chi connectivity index (χ4v) is 2.96. The number of sulfonamides is 1. The molecule has 1 saturated carbocycles. The summed E-state index contributed by atoms with van der Waals surface area (Å²) in [5.41, 5.74) is 7.05. The number of hydrogen-bond acceptors (Lipinski definition) is 4. The van der Waals surface area contributed by atoms with Crippen LogP contribution in [0.5, 0.6) is 0 Å². The predicted octanol–water partition coefficient (Wildman–Crippen LogP) is 1.52. The van der Waals surface area contributed by atoms with Crippen LogP contribution in [-0.2, 0) is 10.0 Å². The van der Waals surface area contributed by atoms with Crippen molar-refractivity contribution < 1.29 is 8.42 Å². The molecule has 0 heterocycles. The molecule has 1 aliphatic carbocycles. The summed E-state index contributed by atoms with van der Waals surface area (Å²) in [5.74, 6) is 0.729. The van der Waals surface area contributed by atoms with Crippen molar-refractivity contribution in [1.29, 1.82) is 0 Å². The SMILES string of the molecule is CC1CCC(Nc2ccc(S(N)(=O)=O)cc2N)C1. The average molecular weight is 269 g/mol. The predicted molar refractivity (Wildman–Crippen MR) is 72.7 cm³/mol. The Kier molecular flexibility index (Phi) is 3.49. The van der Waals surface area contributed by atoms with Crippen molar-refractivity contribution in [3.8, 4) is 0 Å². The largest absolute Gasteiger partial charge is 0.397 e. The first kappa shape index (κ1) is 13.2. The Balaban J connectivity index is 2.15. The highest BCUT2D eigenvalue weighted by Gasteiger charge is 2.21. The molecule has 18 heavy (non-hydrogen) atoms. The van der Waals surface area contributed by atoms with Crippen LogP contribution in [0.1, 0.15) is 26.2 Å². The van der Waals surface area contributed by atoms with Crippen LogP contribution in [0.3, 0.4) is 0 Å². The highest BCUT2D eigenvalue weighted by molar-refractivity contribution is 7.89. The van der Waals surface area contributed by atoms with E-state index in [4.69, 9.17) is 10.9 Å². The van der Waals surface area contributed by atoms with E-state index in [0.717, 1.165) is 24.4 Å². The zero-order chi connectivity index (χ0) is 13.3. The van der Waals surface area contributed by atoms with Crippen molar-refractivity contribution in [2.24, 2.45) is 11.1 Å². The summed E-state index contributed by atoms with van der Waals surface area (Å²) in [6, 6.07) is 4.98. The molecule has 1 aromatic rings. The average Bonchev–Trinajstić information content (AvgIpc) is 2.65. The molecule has 2 unspecified atom stereocenters. The second-order valence-electron chi connectivity index (χ2n) is 5.05. The summed E-state index contributed by atoms with van der Waals surface area (Å²) in [6.07, 6.45) is 3.46. The molecule has 0 aromatic heterocycles. The minimum atomic E-state index is -3.69. The molecule has 100 valence electrons. The van der Waals surface area contributed by atoms with E-state index in [0.29, 0.717) is 11.7 Å². The lowest BCUT2D eigenvalue weighted by Gasteiger charge is -2.16. The van der Waals surface area contributed by atoms with Gasteiger partial charge in [0.1, 0.15) is 0 Å². The van der Waals surface area contributed by atoms with Gasteiger partial charge in [-0.2, -0.15) is 0 Å². The topological polar surface area (TPSA) is 98.2 Å². The number of hydrogen-bond donors (Lipinski definition) is 3. The third-order valence-electron chi connectivity index (χ3n) is 3.41. The summed E-state index contributed by atoms with van der Waals surface area (Å²) in [7, 11) is -3.69. The molecule has 5 nitrogen and oxygen atoms in total. The minimum absolute atomic E-state index is 0.0466. The fourth-order valence-electron chi connectivity index (χ4n) is 2.41. The van der Waals surface area contributed by atoms with E-state index in [1.165, 1.54) is 18.6 Å². The Hall–Kier alpha value is -1.27. The maximum Gasteiger partial charge on any atom is 0.238 e. The molecule has 0 saturated heterocycles. The molecule has 6 heteroatoms. The van der Waals surface area contributed by atoms with Gasteiger partial charge < -0.3 is 11.1 Å². The van der Waals surface area contributed by atoms with Gasteiger partial charge in [-0.15, -0.1) is 0 Å². The van der Waals surface area contributed by atoms with Crippen LogP contribution < -0.4 is 16.2 Å². The van der Waals surface area contributed by atoms with E-state index in [9.17, 15) is 8.42 Å². The minimum Gasteiger partial charge on any atom is -0.397 e. The Labute approximate surface area is 108 Å². The quantitative estimate of drug-likeness (QED) is 0.724. The van der Waals surface area contributed by atoms with Crippen LogP contribution in [0.25, 0.3) is 0 Å². The van der Waals surface area contributed by atoms with Crippen LogP contribution in [0.2, 0.25) is 0 Å². The number of anilines is 2. The van der Waals surface area contributed by atoms with E-state index in [2.05, 4.69) is 12.2 Å². The van der Waals surface area contributed by atoms with E-state index < -0.39 is 10.0 Å². The molecular weight excluding hydrogens is 250 g/mol. The van der Waals surface area contributed by atoms with Crippen molar-refractivity contribution in [2.45, 2.75) is 37.1 Å². The molecule has 1 aliphatic rings. The summed E-state index contributed by atoms with van der Waals surface area (Å²) < 4.78 is 22.4. The number of nitrogen functional groups attached to an aromatic ring is 1. The monoisotopic (exact) mass is 269 g/mol. The van der Waals surface area contributed by atoms with Crippen molar-refractivity contribution in [3.63, 3.8) is 0 Å². The zero-order valence-electron chi connectivity index (χ0n) is 10.4. The first-order chi connectivity index (χ1) is 8.36. The maximum absolute atomic E-state index is 11.2. The Bertz CT molecular complexity index is 542. The normalized spacial score (nSPS) is 24.1. The number of benzene rings is 1. The van der Waals surface area contributed by atoms with Gasteiger partial charge in [0.15, 0.2) is 0 Å². The zero-order valence-corrected chi connectivity index (χ0v) is 11.2. The molecule has 0 bridgehead atoms. The van der Waals surface area contributed by atoms with Gasteiger partial charge in [0.2, 0.25) is 10.0 Å². The molecule has 0 radical (unpaired) electrons. The molecular formula is C12H19N3O2S. The van der Waals surface area contributed by atoms with Gasteiger partial charge in [-0.05, 0) is 43.4 Å². The first-order valence-electron chi connectivity index (χ1n) is 6.05. The lowest BCUT2D eigenvalue weighted by molar-refractivity contribution is 0.598. The Morgan fingerprint density at radius 3 is 2.56 bits per heavy atom. The standard InChI is InChI=1S/C12H19N3O2S/c1-8-2-3-9(6-8)15-12-5-4-10(7-11(12)13)18(14,16)17/h4-5,7-9,15H,2-3,6,13H2,1H3,(H2,14,16,17). The van der Waals surface area contributed by atoms with Gasteiger partial charge >= 0.3 is 0 Å². The first-order valence-corrected chi connectivity index (χ1v) is 7.60. The van der Waals surface area contributed by atoms with E-state index >= 15 is 0 Å². The summed E-state index contributed by atoms with van der Waals surface area (Å²) in [6.45, 7) is 2.23. The Morgan fingerprint density at radius 2 is 2.06 bits per heavy atom. The van der Waals surface area contributed by atoms with Gasteiger partial charge in [-0.1, -0.05) is 6.92 Å². The van der Waals surface area contributed by atoms with Crippen molar-refractivity contribution >= 4 is 21.4 Å². The van der Waals surface area contributed by atoms with E-state index in [1.54, 1.807) is 6.07 Å².